The van der Waals surface area contributed by atoms with Crippen molar-refractivity contribution in [3.63, 3.8) is 0 Å². The molecule has 1 heterocycles. The summed E-state index contributed by atoms with van der Waals surface area (Å²) in [6.45, 7) is 5.95. The Morgan fingerprint density at radius 1 is 1.03 bits per heavy atom. The summed E-state index contributed by atoms with van der Waals surface area (Å²) in [5, 5.41) is 2.85. The first-order chi connectivity index (χ1) is 14.6. The number of carbonyl (C=O) groups is 2. The number of nitrogens with one attached hydrogen (secondary N) is 2. The number of sulfonamides is 1. The zero-order valence-corrected chi connectivity index (χ0v) is 18.5. The summed E-state index contributed by atoms with van der Waals surface area (Å²) in [5.41, 5.74) is 1.07. The number of fused-ring (bicyclic) bond motifs is 1. The maximum atomic E-state index is 12.3. The van der Waals surface area contributed by atoms with Crippen molar-refractivity contribution in [3.8, 4) is 11.5 Å². The van der Waals surface area contributed by atoms with Gasteiger partial charge in [-0.1, -0.05) is 32.0 Å². The molecule has 0 spiro atoms. The van der Waals surface area contributed by atoms with Gasteiger partial charge < -0.3 is 14.8 Å². The van der Waals surface area contributed by atoms with Gasteiger partial charge in [0.25, 0.3) is 0 Å². The van der Waals surface area contributed by atoms with E-state index in [2.05, 4.69) is 10.0 Å². The van der Waals surface area contributed by atoms with Gasteiger partial charge in [-0.15, -0.1) is 0 Å². The molecule has 2 N–H and O–H groups in total. The monoisotopic (exact) mass is 446 g/mol. The van der Waals surface area contributed by atoms with E-state index in [0.717, 1.165) is 5.56 Å². The lowest BCUT2D eigenvalue weighted by molar-refractivity contribution is -0.121. The molecule has 0 radical (unpaired) electrons. The summed E-state index contributed by atoms with van der Waals surface area (Å²) in [6, 6.07) is 11.3. The Balaban J connectivity index is 1.49. The second kappa shape index (κ2) is 9.07. The molecule has 166 valence electrons. The van der Waals surface area contributed by atoms with E-state index in [1.54, 1.807) is 0 Å². The van der Waals surface area contributed by atoms with Gasteiger partial charge in [0.05, 0.1) is 4.90 Å². The number of ketones is 1. The molecule has 31 heavy (non-hydrogen) atoms. The highest BCUT2D eigenvalue weighted by atomic mass is 32.2. The maximum absolute atomic E-state index is 12.3. The Kier molecular flexibility index (Phi) is 6.66. The Hall–Kier alpha value is -2.91. The zero-order chi connectivity index (χ0) is 22.6. The van der Waals surface area contributed by atoms with Gasteiger partial charge in [0.1, 0.15) is 0 Å². The molecule has 0 aliphatic carbocycles. The highest BCUT2D eigenvalue weighted by Gasteiger charge is 2.25. The topological polar surface area (TPSA) is 111 Å². The molecule has 9 heteroatoms. The third-order valence-electron chi connectivity index (χ3n) is 5.10. The number of benzene rings is 2. The minimum absolute atomic E-state index is 0.00196. The van der Waals surface area contributed by atoms with Gasteiger partial charge in [-0.2, -0.15) is 0 Å². The fourth-order valence-electron chi connectivity index (χ4n) is 3.08. The van der Waals surface area contributed by atoms with Crippen molar-refractivity contribution in [1.82, 2.24) is 10.0 Å². The van der Waals surface area contributed by atoms with Crippen molar-refractivity contribution in [2.45, 2.75) is 37.5 Å². The summed E-state index contributed by atoms with van der Waals surface area (Å²) in [7, 11) is -3.76. The van der Waals surface area contributed by atoms with E-state index in [0.29, 0.717) is 23.6 Å². The average Bonchev–Trinajstić information content (AvgIpc) is 3.20. The minimum Gasteiger partial charge on any atom is -0.454 e. The smallest absolute Gasteiger partial charge is 0.240 e. The van der Waals surface area contributed by atoms with E-state index in [9.17, 15) is 18.0 Å². The first-order valence-corrected chi connectivity index (χ1v) is 11.3. The number of Topliss-reactive ketones (excluding diaryl/α,β-unsaturated/α-hetero) is 1. The Bertz CT molecular complexity index is 1080. The average molecular weight is 447 g/mol. The lowest BCUT2D eigenvalue weighted by atomic mass is 9.84. The van der Waals surface area contributed by atoms with Crippen LogP contribution in [-0.2, 0) is 20.2 Å². The molecule has 0 saturated carbocycles. The van der Waals surface area contributed by atoms with Crippen molar-refractivity contribution >= 4 is 21.7 Å². The van der Waals surface area contributed by atoms with Gasteiger partial charge in [0.15, 0.2) is 17.3 Å². The summed E-state index contributed by atoms with van der Waals surface area (Å²) in [5.74, 6) is 0.982. The fraction of sp³-hybridized carbons (Fsp3) is 0.364. The van der Waals surface area contributed by atoms with E-state index < -0.39 is 10.0 Å². The minimum atomic E-state index is -3.76. The van der Waals surface area contributed by atoms with Crippen LogP contribution >= 0.6 is 0 Å². The van der Waals surface area contributed by atoms with Crippen LogP contribution in [0.5, 0.6) is 11.5 Å². The number of amides is 1. The quantitative estimate of drug-likeness (QED) is 0.572. The molecule has 0 unspecified atom stereocenters. The van der Waals surface area contributed by atoms with Crippen molar-refractivity contribution < 1.29 is 27.5 Å². The fourth-order valence-corrected chi connectivity index (χ4v) is 4.11. The van der Waals surface area contributed by atoms with Gasteiger partial charge in [0.2, 0.25) is 22.7 Å². The predicted octanol–water partition coefficient (Wildman–Crippen LogP) is 2.38. The number of carbonyl (C=O) groups excluding carboxylic acids is 2. The van der Waals surface area contributed by atoms with Gasteiger partial charge in [-0.25, -0.2) is 13.1 Å². The number of hydrogen-bond acceptors (Lipinski definition) is 6. The van der Waals surface area contributed by atoms with E-state index in [4.69, 9.17) is 9.47 Å². The molecule has 0 fully saturated rings. The molecule has 0 atom stereocenters. The van der Waals surface area contributed by atoms with E-state index in [-0.39, 0.29) is 41.8 Å². The first kappa shape index (κ1) is 22.8. The van der Waals surface area contributed by atoms with Crippen LogP contribution in [0.2, 0.25) is 0 Å². The van der Waals surface area contributed by atoms with Crippen LogP contribution in [0.15, 0.2) is 47.4 Å². The van der Waals surface area contributed by atoms with E-state index in [1.165, 1.54) is 31.2 Å². The van der Waals surface area contributed by atoms with E-state index in [1.807, 2.05) is 32.0 Å². The standard InChI is InChI=1S/C22H26N2O6S/c1-15(25)16-4-7-18(8-5-16)31(27,28)24-11-10-21(26)23-13-22(2,3)17-6-9-19-20(12-17)30-14-29-19/h4-9,12,24H,10-11,13-14H2,1-3H3,(H,23,26). The highest BCUT2D eigenvalue weighted by Crippen LogP contribution is 2.36. The van der Waals surface area contributed by atoms with Crippen molar-refractivity contribution in [2.24, 2.45) is 0 Å². The van der Waals surface area contributed by atoms with Crippen molar-refractivity contribution in [3.05, 3.63) is 53.6 Å². The largest absolute Gasteiger partial charge is 0.454 e. The van der Waals surface area contributed by atoms with Crippen LogP contribution < -0.4 is 19.5 Å². The molecule has 2 aromatic rings. The third kappa shape index (κ3) is 5.62. The molecule has 0 saturated heterocycles. The Labute approximate surface area is 182 Å². The molecule has 1 aliphatic rings. The van der Waals surface area contributed by atoms with Crippen molar-refractivity contribution in [2.75, 3.05) is 19.9 Å². The SMILES string of the molecule is CC(=O)c1ccc(S(=O)(=O)NCCC(=O)NCC(C)(C)c2ccc3c(c2)OCO3)cc1. The summed E-state index contributed by atoms with van der Waals surface area (Å²) < 4.78 is 37.8. The van der Waals surface area contributed by atoms with Crippen LogP contribution in [0, 0.1) is 0 Å². The van der Waals surface area contributed by atoms with Gasteiger partial charge in [0, 0.05) is 30.5 Å². The van der Waals surface area contributed by atoms with E-state index >= 15 is 0 Å². The second-order valence-corrected chi connectivity index (χ2v) is 9.72. The second-order valence-electron chi connectivity index (χ2n) is 7.96. The lowest BCUT2D eigenvalue weighted by Crippen LogP contribution is -2.38. The molecular formula is C22H26N2O6S. The Morgan fingerprint density at radius 2 is 1.71 bits per heavy atom. The van der Waals surface area contributed by atoms with Crippen LogP contribution in [0.25, 0.3) is 0 Å². The number of hydrogen-bond donors (Lipinski definition) is 2. The molecule has 3 rings (SSSR count). The summed E-state index contributed by atoms with van der Waals surface area (Å²) in [6.07, 6.45) is 0.00196. The normalized spacial score (nSPS) is 13.1. The summed E-state index contributed by atoms with van der Waals surface area (Å²) in [4.78, 5) is 23.6. The van der Waals surface area contributed by atoms with Crippen LogP contribution in [0.3, 0.4) is 0 Å². The lowest BCUT2D eigenvalue weighted by Gasteiger charge is -2.26. The van der Waals surface area contributed by atoms with Crippen LogP contribution in [0.1, 0.15) is 43.1 Å². The predicted molar refractivity (Wildman–Crippen MR) is 115 cm³/mol. The van der Waals surface area contributed by atoms with Gasteiger partial charge in [-0.05, 0) is 36.8 Å². The van der Waals surface area contributed by atoms with Crippen LogP contribution in [-0.4, -0.2) is 40.0 Å². The molecule has 2 aromatic carbocycles. The van der Waals surface area contributed by atoms with Gasteiger partial charge in [-0.3, -0.25) is 9.59 Å². The summed E-state index contributed by atoms with van der Waals surface area (Å²) >= 11 is 0. The molecule has 0 aromatic heterocycles. The van der Waals surface area contributed by atoms with Crippen molar-refractivity contribution in [1.29, 1.82) is 0 Å². The molecule has 1 amide bonds. The number of ether oxygens (including phenoxy) is 2. The molecule has 0 bridgehead atoms. The maximum Gasteiger partial charge on any atom is 0.240 e. The van der Waals surface area contributed by atoms with Crippen LogP contribution in [0.4, 0.5) is 0 Å². The first-order valence-electron chi connectivity index (χ1n) is 9.86. The van der Waals surface area contributed by atoms with Gasteiger partial charge >= 0.3 is 0 Å². The number of rotatable bonds is 9. The molecular weight excluding hydrogens is 420 g/mol. The third-order valence-corrected chi connectivity index (χ3v) is 6.57. The Morgan fingerprint density at radius 3 is 2.39 bits per heavy atom. The molecule has 1 aliphatic heterocycles. The zero-order valence-electron chi connectivity index (χ0n) is 17.7. The molecule has 8 nitrogen and oxygen atoms in total. The highest BCUT2D eigenvalue weighted by molar-refractivity contribution is 7.89.